The van der Waals surface area contributed by atoms with E-state index in [4.69, 9.17) is 4.55 Å². The highest BCUT2D eigenvalue weighted by atomic mass is 32.2. The molecule has 3 unspecified atom stereocenters. The Bertz CT molecular complexity index is 952. The molecule has 7 nitrogen and oxygen atoms in total. The van der Waals surface area contributed by atoms with Crippen LogP contribution < -0.4 is 4.72 Å². The Morgan fingerprint density at radius 2 is 1.48 bits per heavy atom. The summed E-state index contributed by atoms with van der Waals surface area (Å²) in [5, 5.41) is -8.61. The van der Waals surface area contributed by atoms with Crippen LogP contribution in [0.2, 0.25) is 0 Å². The van der Waals surface area contributed by atoms with Crippen molar-refractivity contribution in [3.63, 3.8) is 0 Å². The van der Waals surface area contributed by atoms with Crippen LogP contribution in [0.1, 0.15) is 36.7 Å². The maximum Gasteiger partial charge on any atom is 0.303 e. The van der Waals surface area contributed by atoms with Gasteiger partial charge in [0.1, 0.15) is 0 Å². The van der Waals surface area contributed by atoms with E-state index >= 15 is 0 Å². The topological polar surface area (TPSA) is 118 Å². The number of hydrogen-bond donors (Lipinski definition) is 2. The van der Waals surface area contributed by atoms with Crippen LogP contribution in [0.25, 0.3) is 6.08 Å². The van der Waals surface area contributed by atoms with E-state index in [-0.39, 0.29) is 26.3 Å². The molecule has 0 heterocycles. The van der Waals surface area contributed by atoms with Crippen LogP contribution in [-0.4, -0.2) is 43.0 Å². The number of sulfonamides is 1. The van der Waals surface area contributed by atoms with E-state index in [1.54, 1.807) is 0 Å². The Morgan fingerprint density at radius 3 is 1.85 bits per heavy atom. The quantitative estimate of drug-likeness (QED) is 0.643. The van der Waals surface area contributed by atoms with Crippen molar-refractivity contribution in [2.24, 2.45) is 0 Å². The highest BCUT2D eigenvalue weighted by Gasteiger charge is 2.71. The second-order valence-corrected chi connectivity index (χ2v) is 9.77. The van der Waals surface area contributed by atoms with Gasteiger partial charge in [0.15, 0.2) is 0 Å². The third-order valence-electron chi connectivity index (χ3n) is 4.30. The van der Waals surface area contributed by atoms with Crippen molar-refractivity contribution in [2.45, 2.75) is 36.4 Å². The van der Waals surface area contributed by atoms with Crippen molar-refractivity contribution in [1.82, 2.24) is 4.72 Å². The van der Waals surface area contributed by atoms with E-state index in [0.29, 0.717) is 5.56 Å². The first-order valence-electron chi connectivity index (χ1n) is 7.25. The number of carbonyl (C=O) groups excluding carboxylic acids is 1. The Hall–Kier alpha value is -1.92. The average molecular weight is 429 g/mol. The van der Waals surface area contributed by atoms with Crippen molar-refractivity contribution < 1.29 is 39.4 Å². The molecule has 12 heteroatoms. The van der Waals surface area contributed by atoms with Gasteiger partial charge in [0.25, 0.3) is 25.9 Å². The molecule has 0 spiro atoms. The van der Waals surface area contributed by atoms with E-state index in [1.807, 2.05) is 0 Å². The maximum atomic E-state index is 14.9. The molecule has 1 aromatic carbocycles. The molecule has 1 aromatic rings. The average Bonchev–Trinajstić information content (AvgIpc) is 2.52. The van der Waals surface area contributed by atoms with Crippen LogP contribution in [0.5, 0.6) is 0 Å². The molecule has 0 saturated heterocycles. The molecule has 0 saturated carbocycles. The number of benzene rings is 1. The van der Waals surface area contributed by atoms with Gasteiger partial charge in [-0.3, -0.25) is 9.35 Å². The predicted molar refractivity (Wildman–Crippen MR) is 93.0 cm³/mol. The lowest BCUT2D eigenvalue weighted by Gasteiger charge is -2.39. The maximum absolute atomic E-state index is 14.9. The summed E-state index contributed by atoms with van der Waals surface area (Å²) in [6, 6.07) is 5.12. The number of amides is 1. The van der Waals surface area contributed by atoms with Crippen LogP contribution in [0.3, 0.4) is 0 Å². The Morgan fingerprint density at radius 1 is 1.04 bits per heavy atom. The van der Waals surface area contributed by atoms with Crippen LogP contribution >= 0.6 is 0 Å². The summed E-state index contributed by atoms with van der Waals surface area (Å²) < 4.78 is 100. The van der Waals surface area contributed by atoms with Crippen LogP contribution in [-0.2, 0) is 20.1 Å². The fraction of sp³-hybridized carbons (Fsp3) is 0.400. The summed E-state index contributed by atoms with van der Waals surface area (Å²) in [4.78, 5) is 12.0. The predicted octanol–water partition coefficient (Wildman–Crippen LogP) is 2.38. The SMILES string of the molecule is C=Cc1ccc(C(=O)NS(=O)(=O)C(C)(F)C(C)(F)C(C)(F)S(=O)(=O)O)cc1. The summed E-state index contributed by atoms with van der Waals surface area (Å²) in [7, 11) is -11.5. The molecule has 3 atom stereocenters. The van der Waals surface area contributed by atoms with E-state index in [1.165, 1.54) is 35.1 Å². The highest BCUT2D eigenvalue weighted by molar-refractivity contribution is 7.91. The van der Waals surface area contributed by atoms with E-state index in [9.17, 15) is 34.8 Å². The molecule has 0 bridgehead atoms. The molecule has 27 heavy (non-hydrogen) atoms. The largest absolute Gasteiger partial charge is 0.303 e. The van der Waals surface area contributed by atoms with E-state index in [0.717, 1.165) is 0 Å². The van der Waals surface area contributed by atoms with Crippen molar-refractivity contribution in [2.75, 3.05) is 0 Å². The van der Waals surface area contributed by atoms with Crippen LogP contribution in [0.15, 0.2) is 30.8 Å². The van der Waals surface area contributed by atoms with Gasteiger partial charge in [-0.1, -0.05) is 24.8 Å². The van der Waals surface area contributed by atoms with Gasteiger partial charge >= 0.3 is 10.1 Å². The first kappa shape index (κ1) is 23.1. The Labute approximate surface area is 155 Å². The normalized spacial score (nSPS) is 19.2. The molecule has 0 aliphatic heterocycles. The third-order valence-corrected chi connectivity index (χ3v) is 7.50. The molecule has 1 amide bonds. The van der Waals surface area contributed by atoms with Crippen LogP contribution in [0, 0.1) is 0 Å². The zero-order valence-electron chi connectivity index (χ0n) is 14.5. The zero-order chi connectivity index (χ0) is 21.5. The van der Waals surface area contributed by atoms with Gasteiger partial charge in [-0.05, 0) is 38.5 Å². The van der Waals surface area contributed by atoms with Gasteiger partial charge in [0, 0.05) is 5.56 Å². The van der Waals surface area contributed by atoms with Crippen LogP contribution in [0.4, 0.5) is 13.2 Å². The molecule has 2 N–H and O–H groups in total. The summed E-state index contributed by atoms with van der Waals surface area (Å²) in [5.74, 6) is -1.36. The second kappa shape index (κ2) is 6.91. The minimum atomic E-state index is -5.86. The van der Waals surface area contributed by atoms with E-state index < -0.39 is 41.7 Å². The Balaban J connectivity index is 3.31. The molecule has 0 aliphatic carbocycles. The van der Waals surface area contributed by atoms with Crippen molar-refractivity contribution in [3.8, 4) is 0 Å². The van der Waals surface area contributed by atoms with Gasteiger partial charge < -0.3 is 0 Å². The fourth-order valence-corrected chi connectivity index (χ4v) is 3.93. The van der Waals surface area contributed by atoms with Crippen molar-refractivity contribution in [1.29, 1.82) is 0 Å². The molecule has 0 aliphatic rings. The smallest absolute Gasteiger partial charge is 0.283 e. The highest BCUT2D eigenvalue weighted by Crippen LogP contribution is 2.46. The van der Waals surface area contributed by atoms with Crippen molar-refractivity contribution in [3.05, 3.63) is 42.0 Å². The lowest BCUT2D eigenvalue weighted by atomic mass is 9.97. The summed E-state index contributed by atoms with van der Waals surface area (Å²) in [6.45, 7) is 3.48. The molecule has 0 aromatic heterocycles. The number of halogens is 3. The minimum Gasteiger partial charge on any atom is -0.283 e. The minimum absolute atomic E-state index is 0.00333. The molecular formula is C15H18F3NO6S2. The number of alkyl halides is 3. The molecule has 1 rings (SSSR count). The van der Waals surface area contributed by atoms with Gasteiger partial charge in [0.2, 0.25) is 5.67 Å². The second-order valence-electron chi connectivity index (χ2n) is 6.07. The summed E-state index contributed by atoms with van der Waals surface area (Å²) >= 11 is 0. The molecule has 0 fully saturated rings. The number of carbonyl (C=O) groups is 1. The molecule has 152 valence electrons. The van der Waals surface area contributed by atoms with Gasteiger partial charge in [-0.2, -0.15) is 8.42 Å². The molecular weight excluding hydrogens is 411 g/mol. The van der Waals surface area contributed by atoms with E-state index in [2.05, 4.69) is 6.58 Å². The van der Waals surface area contributed by atoms with Gasteiger partial charge in [-0.15, -0.1) is 0 Å². The lowest BCUT2D eigenvalue weighted by molar-refractivity contribution is -0.0412. The Kier molecular flexibility index (Phi) is 5.92. The summed E-state index contributed by atoms with van der Waals surface area (Å²) in [6.07, 6.45) is 1.43. The zero-order valence-corrected chi connectivity index (χ0v) is 16.2. The van der Waals surface area contributed by atoms with Crippen molar-refractivity contribution >= 4 is 32.1 Å². The standard InChI is InChI=1S/C15H18F3NO6S2/c1-5-10-6-8-11(9-7-10)12(20)19-26(21,22)14(3,17)13(2,16)15(4,18)27(23,24)25/h5-9H,1H2,2-4H3,(H,19,20)(H,23,24,25). The monoisotopic (exact) mass is 429 g/mol. The first-order valence-corrected chi connectivity index (χ1v) is 10.2. The number of rotatable bonds is 7. The fourth-order valence-electron chi connectivity index (χ4n) is 1.94. The number of hydrogen-bond acceptors (Lipinski definition) is 5. The van der Waals surface area contributed by atoms with Gasteiger partial charge in [-0.25, -0.2) is 26.3 Å². The van der Waals surface area contributed by atoms with Gasteiger partial charge in [0.05, 0.1) is 0 Å². The number of nitrogens with one attached hydrogen (secondary N) is 1. The summed E-state index contributed by atoms with van der Waals surface area (Å²) in [5.41, 5.74) is -3.97. The first-order chi connectivity index (χ1) is 11.9. The lowest BCUT2D eigenvalue weighted by Crippen LogP contribution is -2.65. The third kappa shape index (κ3) is 3.87. The molecule has 0 radical (unpaired) electrons.